The number of aromatic nitrogens is 3. The number of halogens is 2. The van der Waals surface area contributed by atoms with E-state index in [9.17, 15) is 13.6 Å². The van der Waals surface area contributed by atoms with Gasteiger partial charge in [-0.15, -0.1) is 10.2 Å². The highest BCUT2D eigenvalue weighted by atomic mass is 32.2. The number of anilines is 1. The molecule has 3 aromatic rings. The van der Waals surface area contributed by atoms with E-state index in [1.54, 1.807) is 13.2 Å². The molecule has 2 heterocycles. The predicted molar refractivity (Wildman–Crippen MR) is 98.4 cm³/mol. The van der Waals surface area contributed by atoms with Gasteiger partial charge in [-0.1, -0.05) is 11.8 Å². The second-order valence-corrected chi connectivity index (χ2v) is 7.13. The molecule has 0 saturated carbocycles. The Bertz CT molecular complexity index is 970. The Labute approximate surface area is 159 Å². The summed E-state index contributed by atoms with van der Waals surface area (Å²) in [6.07, 6.45) is 1.59. The quantitative estimate of drug-likeness (QED) is 0.635. The van der Waals surface area contributed by atoms with Crippen LogP contribution in [0.15, 0.2) is 40.1 Å². The van der Waals surface area contributed by atoms with Crippen molar-refractivity contribution in [2.24, 2.45) is 0 Å². The van der Waals surface area contributed by atoms with Gasteiger partial charge in [0.05, 0.1) is 17.1 Å². The lowest BCUT2D eigenvalue weighted by atomic mass is 10.2. The number of carbonyl (C=O) groups is 1. The van der Waals surface area contributed by atoms with Gasteiger partial charge in [-0.25, -0.2) is 8.78 Å². The van der Waals surface area contributed by atoms with Crippen LogP contribution in [-0.2, 0) is 11.3 Å². The molecule has 0 bridgehead atoms. The summed E-state index contributed by atoms with van der Waals surface area (Å²) in [6.45, 7) is 6.12. The van der Waals surface area contributed by atoms with Gasteiger partial charge in [0.25, 0.3) is 0 Å². The fourth-order valence-corrected chi connectivity index (χ4v) is 3.42. The van der Waals surface area contributed by atoms with Gasteiger partial charge < -0.3 is 14.3 Å². The summed E-state index contributed by atoms with van der Waals surface area (Å²) < 4.78 is 33.5. The Morgan fingerprint density at radius 2 is 2.07 bits per heavy atom. The first kappa shape index (κ1) is 19.1. The summed E-state index contributed by atoms with van der Waals surface area (Å²) in [4.78, 5) is 12.4. The topological polar surface area (TPSA) is 73.0 Å². The molecule has 9 heteroatoms. The monoisotopic (exact) mass is 392 g/mol. The van der Waals surface area contributed by atoms with Crippen molar-refractivity contribution in [1.29, 1.82) is 0 Å². The molecule has 142 valence electrons. The fourth-order valence-electron chi connectivity index (χ4n) is 2.51. The molecule has 0 radical (unpaired) electrons. The van der Waals surface area contributed by atoms with Crippen LogP contribution in [0.1, 0.15) is 19.6 Å². The van der Waals surface area contributed by atoms with Crippen molar-refractivity contribution < 1.29 is 18.0 Å². The minimum Gasteiger partial charge on any atom is -0.469 e. The minimum absolute atomic E-state index is 0.193. The van der Waals surface area contributed by atoms with E-state index in [-0.39, 0.29) is 11.6 Å². The van der Waals surface area contributed by atoms with Crippen molar-refractivity contribution in [3.05, 3.63) is 47.9 Å². The Balaban J connectivity index is 1.74. The molecule has 1 N–H and O–H groups in total. The zero-order valence-corrected chi connectivity index (χ0v) is 15.8. The van der Waals surface area contributed by atoms with Crippen molar-refractivity contribution in [1.82, 2.24) is 14.8 Å². The summed E-state index contributed by atoms with van der Waals surface area (Å²) in [5, 5.41) is 11.0. The average molecular weight is 392 g/mol. The van der Waals surface area contributed by atoms with E-state index in [0.717, 1.165) is 23.5 Å². The highest BCUT2D eigenvalue weighted by Gasteiger charge is 2.22. The van der Waals surface area contributed by atoms with Crippen LogP contribution in [0.4, 0.5) is 14.5 Å². The molecule has 0 aliphatic heterocycles. The zero-order chi connectivity index (χ0) is 19.6. The third kappa shape index (κ3) is 4.02. The highest BCUT2D eigenvalue weighted by Crippen LogP contribution is 2.29. The van der Waals surface area contributed by atoms with E-state index in [2.05, 4.69) is 15.5 Å². The smallest absolute Gasteiger partial charge is 0.237 e. The van der Waals surface area contributed by atoms with E-state index >= 15 is 0 Å². The SMILES string of the molecule is CCn1c(SC(C)C(=O)Nc2ccc(F)c(F)c2)nnc1-c1ccoc1C. The lowest BCUT2D eigenvalue weighted by Gasteiger charge is -2.13. The van der Waals surface area contributed by atoms with Gasteiger partial charge in [0, 0.05) is 18.3 Å². The molecule has 1 amide bonds. The number of aryl methyl sites for hydroxylation is 1. The first-order valence-electron chi connectivity index (χ1n) is 8.31. The first-order chi connectivity index (χ1) is 12.9. The molecular weight excluding hydrogens is 374 g/mol. The summed E-state index contributed by atoms with van der Waals surface area (Å²) >= 11 is 1.23. The van der Waals surface area contributed by atoms with E-state index in [1.165, 1.54) is 17.8 Å². The maximum atomic E-state index is 13.3. The maximum Gasteiger partial charge on any atom is 0.237 e. The third-order valence-corrected chi connectivity index (χ3v) is 5.05. The number of thioether (sulfide) groups is 1. The molecule has 1 unspecified atom stereocenters. The van der Waals surface area contributed by atoms with Crippen LogP contribution in [0.5, 0.6) is 0 Å². The standard InChI is InChI=1S/C18H18F2N4O2S/c1-4-24-16(13-7-8-26-10(13)2)22-23-18(24)27-11(3)17(25)21-12-5-6-14(19)15(20)9-12/h5-9,11H,4H2,1-3H3,(H,21,25). The van der Waals surface area contributed by atoms with Crippen LogP contribution in [0, 0.1) is 18.6 Å². The minimum atomic E-state index is -1.01. The molecule has 1 atom stereocenters. The van der Waals surface area contributed by atoms with E-state index in [0.29, 0.717) is 17.5 Å². The van der Waals surface area contributed by atoms with Gasteiger partial charge >= 0.3 is 0 Å². The molecular formula is C18H18F2N4O2S. The van der Waals surface area contributed by atoms with Crippen molar-refractivity contribution in [3.8, 4) is 11.4 Å². The molecule has 0 fully saturated rings. The lowest BCUT2D eigenvalue weighted by Crippen LogP contribution is -2.23. The number of nitrogens with one attached hydrogen (secondary N) is 1. The lowest BCUT2D eigenvalue weighted by molar-refractivity contribution is -0.115. The molecule has 0 aliphatic rings. The molecule has 27 heavy (non-hydrogen) atoms. The van der Waals surface area contributed by atoms with Gasteiger partial charge in [-0.3, -0.25) is 4.79 Å². The van der Waals surface area contributed by atoms with Gasteiger partial charge in [0.1, 0.15) is 5.76 Å². The number of rotatable bonds is 6. The highest BCUT2D eigenvalue weighted by molar-refractivity contribution is 8.00. The molecule has 0 spiro atoms. The van der Waals surface area contributed by atoms with E-state index in [1.807, 2.05) is 24.5 Å². The molecule has 2 aromatic heterocycles. The van der Waals surface area contributed by atoms with Crippen molar-refractivity contribution >= 4 is 23.4 Å². The molecule has 1 aromatic carbocycles. The van der Waals surface area contributed by atoms with Crippen molar-refractivity contribution in [3.63, 3.8) is 0 Å². The first-order valence-corrected chi connectivity index (χ1v) is 9.19. The Morgan fingerprint density at radius 3 is 2.70 bits per heavy atom. The predicted octanol–water partition coefficient (Wildman–Crippen LogP) is 4.26. The number of amides is 1. The number of carbonyl (C=O) groups excluding carboxylic acids is 1. The molecule has 0 aliphatic carbocycles. The van der Waals surface area contributed by atoms with Crippen LogP contribution >= 0.6 is 11.8 Å². The summed E-state index contributed by atoms with van der Waals surface area (Å²) in [5.74, 6) is -0.928. The Kier molecular flexibility index (Phi) is 5.59. The van der Waals surface area contributed by atoms with Crippen molar-refractivity contribution in [2.75, 3.05) is 5.32 Å². The van der Waals surface area contributed by atoms with Gasteiger partial charge in [0.2, 0.25) is 5.91 Å². The number of hydrogen-bond donors (Lipinski definition) is 1. The number of nitrogens with zero attached hydrogens (tertiary/aromatic N) is 3. The molecule has 0 saturated heterocycles. The largest absolute Gasteiger partial charge is 0.469 e. The fraction of sp³-hybridized carbons (Fsp3) is 0.278. The van der Waals surface area contributed by atoms with E-state index < -0.39 is 16.9 Å². The van der Waals surface area contributed by atoms with Crippen molar-refractivity contribution in [2.45, 2.75) is 37.7 Å². The molecule has 6 nitrogen and oxygen atoms in total. The number of furan rings is 1. The molecule has 3 rings (SSSR count). The summed E-state index contributed by atoms with van der Waals surface area (Å²) in [7, 11) is 0. The van der Waals surface area contributed by atoms with Crippen LogP contribution in [0.2, 0.25) is 0 Å². The van der Waals surface area contributed by atoms with Crippen LogP contribution in [0.3, 0.4) is 0 Å². The van der Waals surface area contributed by atoms with Gasteiger partial charge in [0.15, 0.2) is 22.6 Å². The maximum absolute atomic E-state index is 13.3. The zero-order valence-electron chi connectivity index (χ0n) is 15.0. The summed E-state index contributed by atoms with van der Waals surface area (Å²) in [5.41, 5.74) is 1.04. The number of benzene rings is 1. The Hall–Kier alpha value is -2.68. The summed E-state index contributed by atoms with van der Waals surface area (Å²) in [6, 6.07) is 5.04. The second kappa shape index (κ2) is 7.91. The third-order valence-electron chi connectivity index (χ3n) is 3.97. The number of hydrogen-bond acceptors (Lipinski definition) is 5. The van der Waals surface area contributed by atoms with Crippen LogP contribution < -0.4 is 5.32 Å². The Morgan fingerprint density at radius 1 is 1.30 bits per heavy atom. The van der Waals surface area contributed by atoms with Crippen LogP contribution in [-0.4, -0.2) is 25.9 Å². The van der Waals surface area contributed by atoms with Crippen LogP contribution in [0.25, 0.3) is 11.4 Å². The normalized spacial score (nSPS) is 12.2. The van der Waals surface area contributed by atoms with E-state index in [4.69, 9.17) is 4.42 Å². The van der Waals surface area contributed by atoms with Gasteiger partial charge in [-0.2, -0.15) is 0 Å². The van der Waals surface area contributed by atoms with Gasteiger partial charge in [-0.05, 0) is 39.0 Å². The second-order valence-electron chi connectivity index (χ2n) is 5.82. The average Bonchev–Trinajstić information content (AvgIpc) is 3.23.